The number of rotatable bonds is 4. The lowest BCUT2D eigenvalue weighted by Gasteiger charge is -2.28. The van der Waals surface area contributed by atoms with E-state index in [1.807, 2.05) is 0 Å². The highest BCUT2D eigenvalue weighted by Crippen LogP contribution is 2.36. The Labute approximate surface area is 184 Å². The van der Waals surface area contributed by atoms with Crippen molar-refractivity contribution in [3.8, 4) is 0 Å². The van der Waals surface area contributed by atoms with Gasteiger partial charge in [-0.15, -0.1) is 0 Å². The molecule has 0 spiro atoms. The second kappa shape index (κ2) is 8.37. The molecule has 11 heteroatoms. The number of carbonyl (C=O) groups is 2. The zero-order valence-corrected chi connectivity index (χ0v) is 17.8. The van der Waals surface area contributed by atoms with Gasteiger partial charge in [-0.1, -0.05) is 17.7 Å². The van der Waals surface area contributed by atoms with Crippen LogP contribution in [0, 0.1) is 0 Å². The second-order valence-corrected chi connectivity index (χ2v) is 8.69. The van der Waals surface area contributed by atoms with Gasteiger partial charge < -0.3 is 20.6 Å². The molecule has 0 fully saturated rings. The van der Waals surface area contributed by atoms with Gasteiger partial charge in [0, 0.05) is 30.0 Å². The molecule has 0 aromatic heterocycles. The lowest BCUT2D eigenvalue weighted by atomic mass is 9.84. The minimum Gasteiger partial charge on any atom is -0.330 e. The maximum Gasteiger partial charge on any atom is 0.254 e. The van der Waals surface area contributed by atoms with Crippen molar-refractivity contribution in [1.29, 1.82) is 0 Å². The fraction of sp³-hybridized carbons (Fsp3) is 0.250. The smallest absolute Gasteiger partial charge is 0.254 e. The molecule has 4 rings (SSSR count). The lowest BCUT2D eigenvalue weighted by molar-refractivity contribution is -0.121. The van der Waals surface area contributed by atoms with Crippen molar-refractivity contribution < 1.29 is 22.7 Å². The van der Waals surface area contributed by atoms with Gasteiger partial charge in [-0.2, -0.15) is 5.10 Å². The second-order valence-electron chi connectivity index (χ2n) is 7.34. The summed E-state index contributed by atoms with van der Waals surface area (Å²) < 4.78 is 35.6. The van der Waals surface area contributed by atoms with Crippen LogP contribution in [0.15, 0.2) is 62.6 Å². The molecule has 3 aliphatic rings. The van der Waals surface area contributed by atoms with Crippen LogP contribution in [0.4, 0.5) is 4.39 Å². The summed E-state index contributed by atoms with van der Waals surface area (Å²) in [5.41, 5.74) is 4.61. The van der Waals surface area contributed by atoms with Crippen LogP contribution in [-0.2, 0) is 20.7 Å². The molecule has 0 saturated heterocycles. The molecule has 1 aliphatic carbocycles. The highest BCUT2D eigenvalue weighted by Gasteiger charge is 2.34. The monoisotopic (exact) mass is 464 g/mol. The van der Waals surface area contributed by atoms with Crippen LogP contribution in [0.1, 0.15) is 31.2 Å². The van der Waals surface area contributed by atoms with Gasteiger partial charge in [0.2, 0.25) is 5.91 Å². The van der Waals surface area contributed by atoms with Gasteiger partial charge in [-0.05, 0) is 36.3 Å². The fourth-order valence-electron chi connectivity index (χ4n) is 3.86. The van der Waals surface area contributed by atoms with E-state index in [1.54, 1.807) is 19.2 Å². The lowest BCUT2D eigenvalue weighted by Crippen LogP contribution is -2.38. The van der Waals surface area contributed by atoms with Crippen molar-refractivity contribution in [1.82, 2.24) is 16.1 Å². The molecular weight excluding hydrogens is 447 g/mol. The number of hydrogen-bond donors (Lipinski definition) is 4. The van der Waals surface area contributed by atoms with E-state index in [9.17, 15) is 22.7 Å². The number of halogens is 2. The molecule has 162 valence electrons. The molecule has 31 heavy (non-hydrogen) atoms. The summed E-state index contributed by atoms with van der Waals surface area (Å²) in [6.07, 6.45) is 3.09. The first-order valence-corrected chi connectivity index (χ1v) is 10.8. The average molecular weight is 465 g/mol. The zero-order valence-electron chi connectivity index (χ0n) is 16.2. The van der Waals surface area contributed by atoms with Crippen LogP contribution in [-0.4, -0.2) is 32.8 Å². The summed E-state index contributed by atoms with van der Waals surface area (Å²) in [4.78, 5) is 25.3. The van der Waals surface area contributed by atoms with Crippen molar-refractivity contribution in [3.63, 3.8) is 0 Å². The van der Waals surface area contributed by atoms with E-state index in [2.05, 4.69) is 21.2 Å². The SMILES string of the molecule is CC1=C(C(=O)NC2=C(F)CC3NN=CC3=C2)C(c2ccc(Cl)c(S(=O)O)c2)CC(=O)N1. The van der Waals surface area contributed by atoms with Crippen molar-refractivity contribution in [2.24, 2.45) is 5.10 Å². The summed E-state index contributed by atoms with van der Waals surface area (Å²) in [6, 6.07) is 4.18. The molecule has 4 N–H and O–H groups in total. The molecule has 0 bridgehead atoms. The van der Waals surface area contributed by atoms with Gasteiger partial charge in [0.25, 0.3) is 5.91 Å². The molecule has 0 saturated carbocycles. The van der Waals surface area contributed by atoms with Gasteiger partial charge >= 0.3 is 0 Å². The minimum atomic E-state index is -2.34. The first kappa shape index (κ1) is 21.4. The Bertz CT molecular complexity index is 1140. The van der Waals surface area contributed by atoms with E-state index >= 15 is 0 Å². The van der Waals surface area contributed by atoms with Crippen LogP contribution in [0.25, 0.3) is 0 Å². The number of allylic oxidation sites excluding steroid dienone is 2. The van der Waals surface area contributed by atoms with E-state index in [0.717, 1.165) is 5.57 Å². The number of hydrazone groups is 1. The van der Waals surface area contributed by atoms with Gasteiger partial charge in [0.1, 0.15) is 5.83 Å². The van der Waals surface area contributed by atoms with Crippen LogP contribution >= 0.6 is 11.6 Å². The fourth-order valence-corrected chi connectivity index (χ4v) is 4.64. The molecule has 8 nitrogen and oxygen atoms in total. The van der Waals surface area contributed by atoms with Gasteiger partial charge in [0.15, 0.2) is 11.1 Å². The van der Waals surface area contributed by atoms with E-state index in [1.165, 1.54) is 18.2 Å². The third-order valence-electron chi connectivity index (χ3n) is 5.34. The normalized spacial score (nSPS) is 23.7. The average Bonchev–Trinajstić information content (AvgIpc) is 3.14. The predicted octanol–water partition coefficient (Wildman–Crippen LogP) is 2.38. The van der Waals surface area contributed by atoms with E-state index < -0.39 is 28.7 Å². The van der Waals surface area contributed by atoms with E-state index in [4.69, 9.17) is 11.6 Å². The van der Waals surface area contributed by atoms with Gasteiger partial charge in [-0.25, -0.2) is 8.60 Å². The summed E-state index contributed by atoms with van der Waals surface area (Å²) in [6.45, 7) is 1.58. The summed E-state index contributed by atoms with van der Waals surface area (Å²) in [5, 5.41) is 9.23. The molecular formula is C20H18ClFN4O4S. The quantitative estimate of drug-likeness (QED) is 0.510. The molecule has 1 aromatic rings. The number of carbonyl (C=O) groups excluding carboxylic acids is 2. The Morgan fingerprint density at radius 1 is 1.39 bits per heavy atom. The topological polar surface area (TPSA) is 120 Å². The van der Waals surface area contributed by atoms with Crippen molar-refractivity contribution in [2.75, 3.05) is 0 Å². The Hall–Kier alpha value is -2.82. The van der Waals surface area contributed by atoms with Crippen molar-refractivity contribution in [2.45, 2.75) is 36.6 Å². The van der Waals surface area contributed by atoms with Crippen LogP contribution in [0.3, 0.4) is 0 Å². The molecule has 0 radical (unpaired) electrons. The number of amides is 2. The van der Waals surface area contributed by atoms with Crippen LogP contribution < -0.4 is 16.1 Å². The number of benzene rings is 1. The Morgan fingerprint density at radius 2 is 2.16 bits per heavy atom. The third kappa shape index (κ3) is 4.18. The maximum atomic E-state index is 14.5. The van der Waals surface area contributed by atoms with E-state index in [0.29, 0.717) is 11.3 Å². The summed E-state index contributed by atoms with van der Waals surface area (Å²) >= 11 is 3.64. The molecule has 3 atom stereocenters. The highest BCUT2D eigenvalue weighted by atomic mass is 35.5. The number of hydrogen-bond acceptors (Lipinski definition) is 5. The number of nitrogens with one attached hydrogen (secondary N) is 3. The largest absolute Gasteiger partial charge is 0.330 e. The van der Waals surface area contributed by atoms with Crippen molar-refractivity contribution in [3.05, 3.63) is 63.2 Å². The highest BCUT2D eigenvalue weighted by molar-refractivity contribution is 7.79. The number of fused-ring (bicyclic) bond motifs is 1. The molecule has 2 heterocycles. The predicted molar refractivity (Wildman–Crippen MR) is 113 cm³/mol. The first-order chi connectivity index (χ1) is 14.7. The molecule has 3 unspecified atom stereocenters. The van der Waals surface area contributed by atoms with Gasteiger partial charge in [-0.3, -0.25) is 9.59 Å². The van der Waals surface area contributed by atoms with E-state index in [-0.39, 0.29) is 46.0 Å². The Balaban J connectivity index is 1.68. The van der Waals surface area contributed by atoms with Crippen LogP contribution in [0.5, 0.6) is 0 Å². The molecule has 2 aliphatic heterocycles. The Kier molecular flexibility index (Phi) is 5.78. The Morgan fingerprint density at radius 3 is 2.90 bits per heavy atom. The third-order valence-corrected chi connectivity index (χ3v) is 6.50. The van der Waals surface area contributed by atoms with Crippen molar-refractivity contribution >= 4 is 40.7 Å². The maximum absolute atomic E-state index is 14.5. The van der Waals surface area contributed by atoms with Gasteiger partial charge in [0.05, 0.1) is 27.9 Å². The molecule has 1 aromatic carbocycles. The standard InChI is InChI=1S/C20H18ClFN4O4S/c1-9-19(20(28)25-16-4-11-8-23-26-15(11)7-14(16)22)12(6-18(27)24-9)10-2-3-13(21)17(5-10)31(29)30/h2-5,8,12,15,26H,6-7H2,1H3,(H,24,27)(H,25,28)(H,29,30). The first-order valence-electron chi connectivity index (χ1n) is 9.35. The summed E-state index contributed by atoms with van der Waals surface area (Å²) in [7, 11) is 0. The number of nitrogens with zero attached hydrogens (tertiary/aromatic N) is 1. The summed E-state index contributed by atoms with van der Waals surface area (Å²) in [5.74, 6) is -2.07. The molecule has 2 amide bonds. The minimum absolute atomic E-state index is 0.0209. The zero-order chi connectivity index (χ0) is 22.3. The van der Waals surface area contributed by atoms with Crippen LogP contribution in [0.2, 0.25) is 5.02 Å².